The molecular formula is C11H14O3Si. The molecule has 0 aliphatic rings. The third kappa shape index (κ3) is 2.45. The highest BCUT2D eigenvalue weighted by atomic mass is 28.1. The van der Waals surface area contributed by atoms with E-state index in [0.29, 0.717) is 17.2 Å². The summed E-state index contributed by atoms with van der Waals surface area (Å²) in [6.45, 7) is 0. The summed E-state index contributed by atoms with van der Waals surface area (Å²) in [5, 5.41) is 0. The van der Waals surface area contributed by atoms with E-state index in [9.17, 15) is 0 Å². The van der Waals surface area contributed by atoms with Gasteiger partial charge in [-0.2, -0.15) is 0 Å². The normalized spacial score (nSPS) is 9.00. The van der Waals surface area contributed by atoms with E-state index in [1.807, 2.05) is 12.1 Å². The smallest absolute Gasteiger partial charge is 0.203 e. The molecule has 4 heteroatoms. The molecule has 0 aliphatic heterocycles. The first kappa shape index (κ1) is 11.5. The van der Waals surface area contributed by atoms with Crippen molar-refractivity contribution >= 4 is 10.2 Å². The van der Waals surface area contributed by atoms with Crippen molar-refractivity contribution in [2.75, 3.05) is 21.3 Å². The number of rotatable bonds is 3. The van der Waals surface area contributed by atoms with Gasteiger partial charge in [0.1, 0.15) is 0 Å². The average Bonchev–Trinajstić information content (AvgIpc) is 2.28. The van der Waals surface area contributed by atoms with Crippen molar-refractivity contribution in [3.63, 3.8) is 0 Å². The van der Waals surface area contributed by atoms with Crippen molar-refractivity contribution in [3.8, 4) is 28.7 Å². The van der Waals surface area contributed by atoms with Crippen LogP contribution in [-0.2, 0) is 0 Å². The van der Waals surface area contributed by atoms with Gasteiger partial charge in [0, 0.05) is 5.56 Å². The summed E-state index contributed by atoms with van der Waals surface area (Å²) in [4.78, 5) is 0. The van der Waals surface area contributed by atoms with Crippen LogP contribution in [0.5, 0.6) is 17.2 Å². The molecule has 0 N–H and O–H groups in total. The Kier molecular flexibility index (Phi) is 4.07. The van der Waals surface area contributed by atoms with E-state index in [1.54, 1.807) is 21.3 Å². The second kappa shape index (κ2) is 5.32. The zero-order valence-corrected chi connectivity index (χ0v) is 11.4. The lowest BCUT2D eigenvalue weighted by molar-refractivity contribution is 0.324. The van der Waals surface area contributed by atoms with Crippen LogP contribution in [0.3, 0.4) is 0 Å². The molecule has 1 aromatic rings. The zero-order valence-electron chi connectivity index (χ0n) is 9.38. The van der Waals surface area contributed by atoms with Gasteiger partial charge in [0.05, 0.1) is 31.6 Å². The summed E-state index contributed by atoms with van der Waals surface area (Å²) in [7, 11) is 5.61. The molecular weight excluding hydrogens is 208 g/mol. The van der Waals surface area contributed by atoms with Crippen molar-refractivity contribution in [1.82, 2.24) is 0 Å². The van der Waals surface area contributed by atoms with Gasteiger partial charge in [0.25, 0.3) is 0 Å². The van der Waals surface area contributed by atoms with E-state index in [0.717, 1.165) is 15.8 Å². The Hall–Kier alpha value is -1.60. The molecule has 0 saturated heterocycles. The highest BCUT2D eigenvalue weighted by Crippen LogP contribution is 2.37. The topological polar surface area (TPSA) is 27.7 Å². The first-order valence-corrected chi connectivity index (χ1v) is 5.49. The molecule has 0 radical (unpaired) electrons. The lowest BCUT2D eigenvalue weighted by Gasteiger charge is -2.12. The minimum absolute atomic E-state index is 0.596. The van der Waals surface area contributed by atoms with E-state index in [2.05, 4.69) is 11.5 Å². The highest BCUT2D eigenvalue weighted by molar-refractivity contribution is 6.22. The largest absolute Gasteiger partial charge is 0.493 e. The van der Waals surface area contributed by atoms with Crippen LogP contribution >= 0.6 is 0 Å². The van der Waals surface area contributed by atoms with Crippen molar-refractivity contribution in [2.24, 2.45) is 0 Å². The van der Waals surface area contributed by atoms with Crippen LogP contribution in [0.25, 0.3) is 0 Å². The van der Waals surface area contributed by atoms with E-state index in [1.165, 1.54) is 0 Å². The van der Waals surface area contributed by atoms with Crippen LogP contribution in [0.2, 0.25) is 0 Å². The van der Waals surface area contributed by atoms with E-state index < -0.39 is 0 Å². The quantitative estimate of drug-likeness (QED) is 0.547. The molecule has 1 aromatic carbocycles. The van der Waals surface area contributed by atoms with Crippen LogP contribution in [0.1, 0.15) is 5.56 Å². The van der Waals surface area contributed by atoms with Gasteiger partial charge in [0.15, 0.2) is 11.5 Å². The Morgan fingerprint density at radius 2 is 1.53 bits per heavy atom. The van der Waals surface area contributed by atoms with Gasteiger partial charge in [-0.3, -0.25) is 0 Å². The van der Waals surface area contributed by atoms with Gasteiger partial charge in [0.2, 0.25) is 5.75 Å². The fraction of sp³-hybridized carbons (Fsp3) is 0.273. The Balaban J connectivity index is 3.33. The van der Waals surface area contributed by atoms with Crippen LogP contribution in [0.4, 0.5) is 0 Å². The van der Waals surface area contributed by atoms with Gasteiger partial charge in [-0.25, -0.2) is 0 Å². The van der Waals surface area contributed by atoms with Gasteiger partial charge < -0.3 is 14.2 Å². The average molecular weight is 222 g/mol. The van der Waals surface area contributed by atoms with Gasteiger partial charge >= 0.3 is 0 Å². The molecule has 80 valence electrons. The Bertz CT molecular complexity index is 379. The maximum Gasteiger partial charge on any atom is 0.203 e. The summed E-state index contributed by atoms with van der Waals surface area (Å²) in [6.07, 6.45) is 0. The summed E-state index contributed by atoms with van der Waals surface area (Å²) in [6, 6.07) is 3.68. The molecule has 1 rings (SSSR count). The number of benzene rings is 1. The third-order valence-electron chi connectivity index (χ3n) is 1.93. The molecule has 0 unspecified atom stereocenters. The zero-order chi connectivity index (χ0) is 11.3. The molecule has 0 amide bonds. The molecule has 0 fully saturated rings. The van der Waals surface area contributed by atoms with E-state index in [-0.39, 0.29) is 0 Å². The Morgan fingerprint density at radius 3 is 1.87 bits per heavy atom. The number of methoxy groups -OCH3 is 3. The van der Waals surface area contributed by atoms with Gasteiger partial charge in [-0.05, 0) is 12.1 Å². The SMILES string of the molecule is COc1cc(C#C[SiH3])cc(OC)c1OC. The number of hydrogen-bond acceptors (Lipinski definition) is 3. The fourth-order valence-corrected chi connectivity index (χ4v) is 1.59. The third-order valence-corrected chi connectivity index (χ3v) is 2.18. The van der Waals surface area contributed by atoms with Crippen LogP contribution in [0.15, 0.2) is 12.1 Å². The van der Waals surface area contributed by atoms with Crippen LogP contribution < -0.4 is 14.2 Å². The Morgan fingerprint density at radius 1 is 1.00 bits per heavy atom. The first-order valence-electron chi connectivity index (χ1n) is 4.49. The fourth-order valence-electron chi connectivity index (χ4n) is 1.30. The van der Waals surface area contributed by atoms with Crippen molar-refractivity contribution in [2.45, 2.75) is 0 Å². The van der Waals surface area contributed by atoms with Crippen LogP contribution in [-0.4, -0.2) is 31.6 Å². The highest BCUT2D eigenvalue weighted by Gasteiger charge is 2.11. The summed E-state index contributed by atoms with van der Waals surface area (Å²) < 4.78 is 15.6. The van der Waals surface area contributed by atoms with Crippen molar-refractivity contribution < 1.29 is 14.2 Å². The molecule has 3 nitrogen and oxygen atoms in total. The second-order valence-electron chi connectivity index (χ2n) is 2.79. The predicted molar refractivity (Wildman–Crippen MR) is 62.9 cm³/mol. The second-order valence-corrected chi connectivity index (χ2v) is 3.29. The molecule has 0 spiro atoms. The maximum absolute atomic E-state index is 5.20. The molecule has 0 heterocycles. The van der Waals surface area contributed by atoms with Gasteiger partial charge in [-0.15, -0.1) is 5.54 Å². The summed E-state index contributed by atoms with van der Waals surface area (Å²) in [5.41, 5.74) is 3.84. The summed E-state index contributed by atoms with van der Waals surface area (Å²) >= 11 is 0. The summed E-state index contributed by atoms with van der Waals surface area (Å²) in [5.74, 6) is 4.87. The predicted octanol–water partition coefficient (Wildman–Crippen LogP) is 0.387. The minimum Gasteiger partial charge on any atom is -0.493 e. The molecule has 0 bridgehead atoms. The van der Waals surface area contributed by atoms with Gasteiger partial charge in [-0.1, -0.05) is 5.92 Å². The lowest BCUT2D eigenvalue weighted by atomic mass is 10.2. The maximum atomic E-state index is 5.20. The molecule has 15 heavy (non-hydrogen) atoms. The lowest BCUT2D eigenvalue weighted by Crippen LogP contribution is -1.95. The monoisotopic (exact) mass is 222 g/mol. The molecule has 0 aliphatic carbocycles. The number of hydrogen-bond donors (Lipinski definition) is 0. The van der Waals surface area contributed by atoms with E-state index in [4.69, 9.17) is 14.2 Å². The molecule has 0 saturated carbocycles. The van der Waals surface area contributed by atoms with Crippen molar-refractivity contribution in [3.05, 3.63) is 17.7 Å². The first-order chi connectivity index (χ1) is 7.26. The van der Waals surface area contributed by atoms with Crippen LogP contribution in [0, 0.1) is 11.5 Å². The molecule has 0 atom stereocenters. The molecule has 0 aromatic heterocycles. The minimum atomic E-state index is 0.596. The van der Waals surface area contributed by atoms with E-state index >= 15 is 0 Å². The Labute approximate surface area is 92.8 Å². The number of ether oxygens (including phenoxy) is 3. The van der Waals surface area contributed by atoms with Crippen molar-refractivity contribution in [1.29, 1.82) is 0 Å². The standard InChI is InChI=1S/C11H14O3Si/c1-12-9-6-8(4-5-15)7-10(13-2)11(9)14-3/h6-7H,1-3,15H3.